The van der Waals surface area contributed by atoms with E-state index in [1.165, 1.54) is 0 Å². The Morgan fingerprint density at radius 1 is 1.75 bits per heavy atom. The first kappa shape index (κ1) is 5.76. The minimum atomic E-state index is -0.791. The van der Waals surface area contributed by atoms with E-state index in [0.717, 1.165) is 12.0 Å². The lowest BCUT2D eigenvalue weighted by atomic mass is 10.1. The van der Waals surface area contributed by atoms with Crippen molar-refractivity contribution in [3.8, 4) is 0 Å². The van der Waals surface area contributed by atoms with Crippen LogP contribution in [0.5, 0.6) is 0 Å². The zero-order valence-electron chi connectivity index (χ0n) is 4.78. The first-order chi connectivity index (χ1) is 3.79. The SMILES string of the molecule is C=C1CCC(F)NC1. The average molecular weight is 115 g/mol. The molecule has 1 N–H and O–H groups in total. The van der Waals surface area contributed by atoms with Crippen molar-refractivity contribution in [2.75, 3.05) is 6.54 Å². The molecule has 1 aliphatic heterocycles. The Morgan fingerprint density at radius 2 is 2.50 bits per heavy atom. The van der Waals surface area contributed by atoms with Crippen LogP contribution in [0.25, 0.3) is 0 Å². The van der Waals surface area contributed by atoms with Crippen molar-refractivity contribution in [2.45, 2.75) is 19.1 Å². The van der Waals surface area contributed by atoms with Crippen molar-refractivity contribution in [3.05, 3.63) is 12.2 Å². The Bertz CT molecular complexity index is 90.7. The third kappa shape index (κ3) is 1.30. The Hall–Kier alpha value is -0.370. The topological polar surface area (TPSA) is 12.0 Å². The van der Waals surface area contributed by atoms with Crippen LogP contribution in [0.1, 0.15) is 12.8 Å². The number of rotatable bonds is 0. The third-order valence-corrected chi connectivity index (χ3v) is 1.32. The zero-order valence-corrected chi connectivity index (χ0v) is 4.78. The molecule has 1 unspecified atom stereocenters. The number of hydrogen-bond acceptors (Lipinski definition) is 1. The van der Waals surface area contributed by atoms with Gasteiger partial charge in [-0.3, -0.25) is 5.32 Å². The first-order valence-electron chi connectivity index (χ1n) is 2.83. The average Bonchev–Trinajstić information content (AvgIpc) is 1.77. The molecule has 1 heterocycles. The van der Waals surface area contributed by atoms with Crippen LogP contribution in [0.3, 0.4) is 0 Å². The summed E-state index contributed by atoms with van der Waals surface area (Å²) in [5, 5.41) is 2.67. The van der Waals surface area contributed by atoms with E-state index in [1.54, 1.807) is 0 Å². The van der Waals surface area contributed by atoms with Crippen molar-refractivity contribution in [1.82, 2.24) is 5.32 Å². The van der Waals surface area contributed by atoms with Crippen LogP contribution >= 0.6 is 0 Å². The molecule has 0 bridgehead atoms. The molecule has 8 heavy (non-hydrogen) atoms. The Kier molecular flexibility index (Phi) is 1.63. The lowest BCUT2D eigenvalue weighted by Gasteiger charge is -2.17. The summed E-state index contributed by atoms with van der Waals surface area (Å²) in [6.07, 6.45) is 0.646. The zero-order chi connectivity index (χ0) is 5.98. The lowest BCUT2D eigenvalue weighted by Crippen LogP contribution is -2.31. The van der Waals surface area contributed by atoms with E-state index in [2.05, 4.69) is 11.9 Å². The number of nitrogens with one attached hydrogen (secondary N) is 1. The van der Waals surface area contributed by atoms with E-state index in [4.69, 9.17) is 0 Å². The molecule has 1 nitrogen and oxygen atoms in total. The van der Waals surface area contributed by atoms with Crippen molar-refractivity contribution in [2.24, 2.45) is 0 Å². The highest BCUT2D eigenvalue weighted by molar-refractivity contribution is 5.00. The predicted octanol–water partition coefficient (Wildman–Crippen LogP) is 1.22. The molecule has 0 aromatic carbocycles. The van der Waals surface area contributed by atoms with Crippen molar-refractivity contribution in [1.29, 1.82) is 0 Å². The highest BCUT2D eigenvalue weighted by atomic mass is 19.1. The van der Waals surface area contributed by atoms with E-state index < -0.39 is 6.30 Å². The summed E-state index contributed by atoms with van der Waals surface area (Å²) in [5.41, 5.74) is 1.11. The summed E-state index contributed by atoms with van der Waals surface area (Å²) in [5.74, 6) is 0. The van der Waals surface area contributed by atoms with Gasteiger partial charge in [-0.15, -0.1) is 0 Å². The molecular weight excluding hydrogens is 105 g/mol. The Morgan fingerprint density at radius 3 is 2.88 bits per heavy atom. The van der Waals surface area contributed by atoms with Gasteiger partial charge in [0.2, 0.25) is 0 Å². The van der Waals surface area contributed by atoms with Crippen LogP contribution < -0.4 is 5.32 Å². The summed E-state index contributed by atoms with van der Waals surface area (Å²) in [4.78, 5) is 0. The van der Waals surface area contributed by atoms with Gasteiger partial charge in [0, 0.05) is 6.54 Å². The molecule has 1 fully saturated rings. The number of halogens is 1. The molecule has 0 aliphatic carbocycles. The van der Waals surface area contributed by atoms with E-state index in [9.17, 15) is 4.39 Å². The van der Waals surface area contributed by atoms with Crippen LogP contribution in [-0.4, -0.2) is 12.8 Å². The van der Waals surface area contributed by atoms with E-state index in [-0.39, 0.29) is 0 Å². The molecule has 0 spiro atoms. The van der Waals surface area contributed by atoms with E-state index in [0.29, 0.717) is 13.0 Å². The first-order valence-corrected chi connectivity index (χ1v) is 2.83. The van der Waals surface area contributed by atoms with Crippen molar-refractivity contribution in [3.63, 3.8) is 0 Å². The minimum absolute atomic E-state index is 0.596. The highest BCUT2D eigenvalue weighted by Gasteiger charge is 2.11. The molecule has 0 radical (unpaired) electrons. The molecule has 46 valence electrons. The second kappa shape index (κ2) is 2.27. The molecule has 1 atom stereocenters. The van der Waals surface area contributed by atoms with Crippen molar-refractivity contribution < 1.29 is 4.39 Å². The monoisotopic (exact) mass is 115 g/mol. The van der Waals surface area contributed by atoms with Gasteiger partial charge in [0.05, 0.1) is 0 Å². The summed E-state index contributed by atoms with van der Waals surface area (Å²) < 4.78 is 12.2. The van der Waals surface area contributed by atoms with Crippen molar-refractivity contribution >= 4 is 0 Å². The maximum atomic E-state index is 12.2. The normalized spacial score (nSPS) is 30.6. The fourth-order valence-electron chi connectivity index (χ4n) is 0.776. The second-order valence-corrected chi connectivity index (χ2v) is 2.14. The number of alkyl halides is 1. The van der Waals surface area contributed by atoms with Gasteiger partial charge in [0.15, 0.2) is 6.30 Å². The largest absolute Gasteiger partial charge is 0.284 e. The summed E-state index contributed by atoms with van der Waals surface area (Å²) in [6.45, 7) is 4.37. The number of piperidine rings is 1. The molecule has 0 aromatic heterocycles. The van der Waals surface area contributed by atoms with Gasteiger partial charge >= 0.3 is 0 Å². The molecule has 0 saturated carbocycles. The van der Waals surface area contributed by atoms with Crippen LogP contribution in [0.2, 0.25) is 0 Å². The summed E-state index contributed by atoms with van der Waals surface area (Å²) in [6, 6.07) is 0. The fraction of sp³-hybridized carbons (Fsp3) is 0.667. The molecule has 1 aliphatic rings. The molecule has 0 aromatic rings. The van der Waals surface area contributed by atoms with Gasteiger partial charge in [-0.25, -0.2) is 4.39 Å². The highest BCUT2D eigenvalue weighted by Crippen LogP contribution is 2.10. The van der Waals surface area contributed by atoms with E-state index >= 15 is 0 Å². The van der Waals surface area contributed by atoms with Gasteiger partial charge in [0.1, 0.15) is 0 Å². The van der Waals surface area contributed by atoms with E-state index in [1.807, 2.05) is 0 Å². The second-order valence-electron chi connectivity index (χ2n) is 2.14. The van der Waals surface area contributed by atoms with Crippen LogP contribution in [0.4, 0.5) is 4.39 Å². The predicted molar refractivity (Wildman–Crippen MR) is 31.3 cm³/mol. The van der Waals surface area contributed by atoms with Gasteiger partial charge in [0.25, 0.3) is 0 Å². The standard InChI is InChI=1S/C6H10FN/c1-5-2-3-6(7)8-4-5/h6,8H,1-4H2. The summed E-state index contributed by atoms with van der Waals surface area (Å²) in [7, 11) is 0. The maximum absolute atomic E-state index is 12.2. The van der Waals surface area contributed by atoms with Gasteiger partial charge in [-0.2, -0.15) is 0 Å². The lowest BCUT2D eigenvalue weighted by molar-refractivity contribution is 0.246. The maximum Gasteiger partial charge on any atom is 0.151 e. The van der Waals surface area contributed by atoms with Crippen LogP contribution in [-0.2, 0) is 0 Å². The van der Waals surface area contributed by atoms with Gasteiger partial charge in [-0.05, 0) is 12.8 Å². The van der Waals surface area contributed by atoms with Crippen LogP contribution in [0, 0.1) is 0 Å². The fourth-order valence-corrected chi connectivity index (χ4v) is 0.776. The molecular formula is C6H10FN. The quantitative estimate of drug-likeness (QED) is 0.370. The minimum Gasteiger partial charge on any atom is -0.284 e. The van der Waals surface area contributed by atoms with Crippen LogP contribution in [0.15, 0.2) is 12.2 Å². The number of hydrogen-bond donors (Lipinski definition) is 1. The smallest absolute Gasteiger partial charge is 0.151 e. The van der Waals surface area contributed by atoms with Gasteiger partial charge in [-0.1, -0.05) is 12.2 Å². The third-order valence-electron chi connectivity index (χ3n) is 1.32. The molecule has 0 amide bonds. The Balaban J connectivity index is 2.29. The molecule has 1 saturated heterocycles. The Labute approximate surface area is 48.6 Å². The molecule has 1 rings (SSSR count). The summed E-state index contributed by atoms with van der Waals surface area (Å²) >= 11 is 0. The molecule has 2 heteroatoms. The van der Waals surface area contributed by atoms with Gasteiger partial charge < -0.3 is 0 Å².